The Morgan fingerprint density at radius 2 is 2.03 bits per heavy atom. The molecule has 2 heterocycles. The van der Waals surface area contributed by atoms with E-state index in [0.717, 1.165) is 23.3 Å². The SMILES string of the molecule is C=CCN(CC(=O)N1CCc2sccc2C1c1ccc(OC)cc1)C(=O)C(C)(C)CCl. The summed E-state index contributed by atoms with van der Waals surface area (Å²) >= 11 is 7.73. The molecule has 7 heteroatoms. The van der Waals surface area contributed by atoms with Gasteiger partial charge in [-0.2, -0.15) is 0 Å². The Hall–Kier alpha value is -2.31. The Kier molecular flexibility index (Phi) is 7.44. The number of ether oxygens (including phenoxy) is 1. The summed E-state index contributed by atoms with van der Waals surface area (Å²) in [5, 5.41) is 2.08. The number of benzene rings is 1. The summed E-state index contributed by atoms with van der Waals surface area (Å²) < 4.78 is 5.29. The van der Waals surface area contributed by atoms with E-state index < -0.39 is 5.41 Å². The standard InChI is InChI=1S/C24H29ClN2O3S/c1-5-12-26(23(29)24(2,3)16-25)15-21(28)27-13-10-20-19(11-14-31-20)22(27)17-6-8-18(30-4)9-7-17/h5-9,11,14,22H,1,10,12-13,15-16H2,2-4H3. The summed E-state index contributed by atoms with van der Waals surface area (Å²) in [6, 6.07) is 9.73. The van der Waals surface area contributed by atoms with Crippen molar-refractivity contribution in [3.63, 3.8) is 0 Å². The molecule has 31 heavy (non-hydrogen) atoms. The molecule has 1 atom stereocenters. The normalized spacial score (nSPS) is 15.9. The second-order valence-corrected chi connectivity index (χ2v) is 9.57. The first kappa shape index (κ1) is 23.4. The molecule has 0 spiro atoms. The van der Waals surface area contributed by atoms with Crippen molar-refractivity contribution in [3.05, 3.63) is 64.4 Å². The number of carbonyl (C=O) groups is 2. The summed E-state index contributed by atoms with van der Waals surface area (Å²) in [5.41, 5.74) is 1.43. The van der Waals surface area contributed by atoms with Crippen LogP contribution in [-0.4, -0.2) is 54.2 Å². The topological polar surface area (TPSA) is 49.9 Å². The third kappa shape index (κ3) is 4.96. The van der Waals surface area contributed by atoms with Crippen LogP contribution in [0.15, 0.2) is 48.4 Å². The lowest BCUT2D eigenvalue weighted by Crippen LogP contribution is -2.49. The highest BCUT2D eigenvalue weighted by Crippen LogP contribution is 2.38. The predicted octanol–water partition coefficient (Wildman–Crippen LogP) is 4.51. The number of fused-ring (bicyclic) bond motifs is 1. The van der Waals surface area contributed by atoms with Gasteiger partial charge in [-0.15, -0.1) is 29.5 Å². The lowest BCUT2D eigenvalue weighted by Gasteiger charge is -2.38. The van der Waals surface area contributed by atoms with Gasteiger partial charge in [-0.25, -0.2) is 0 Å². The Morgan fingerprint density at radius 3 is 2.65 bits per heavy atom. The van der Waals surface area contributed by atoms with E-state index in [-0.39, 0.29) is 30.3 Å². The number of carbonyl (C=O) groups excluding carboxylic acids is 2. The quantitative estimate of drug-likeness (QED) is 0.430. The fourth-order valence-electron chi connectivity index (χ4n) is 3.85. The van der Waals surface area contributed by atoms with Gasteiger partial charge in [-0.1, -0.05) is 18.2 Å². The second kappa shape index (κ2) is 9.88. The summed E-state index contributed by atoms with van der Waals surface area (Å²) in [6.45, 7) is 8.24. The minimum absolute atomic E-state index is 0.00268. The molecular weight excluding hydrogens is 432 g/mol. The van der Waals surface area contributed by atoms with Crippen LogP contribution in [0.5, 0.6) is 5.75 Å². The molecule has 1 aromatic carbocycles. The second-order valence-electron chi connectivity index (χ2n) is 8.30. The number of thiophene rings is 1. The number of hydrogen-bond acceptors (Lipinski definition) is 4. The third-order valence-corrected chi connectivity index (χ3v) is 7.26. The molecule has 0 aliphatic carbocycles. The molecule has 166 valence electrons. The van der Waals surface area contributed by atoms with Crippen LogP contribution < -0.4 is 4.74 Å². The van der Waals surface area contributed by atoms with Crippen molar-refractivity contribution < 1.29 is 14.3 Å². The molecule has 2 amide bonds. The predicted molar refractivity (Wildman–Crippen MR) is 126 cm³/mol. The number of hydrogen-bond donors (Lipinski definition) is 0. The fraction of sp³-hybridized carbons (Fsp3) is 0.417. The van der Waals surface area contributed by atoms with E-state index in [0.29, 0.717) is 13.1 Å². The largest absolute Gasteiger partial charge is 0.497 e. The summed E-state index contributed by atoms with van der Waals surface area (Å²) in [7, 11) is 1.63. The highest BCUT2D eigenvalue weighted by molar-refractivity contribution is 7.10. The Bertz CT molecular complexity index is 939. The molecule has 5 nitrogen and oxygen atoms in total. The molecule has 3 rings (SSSR count). The Labute approximate surface area is 193 Å². The number of halogens is 1. The van der Waals surface area contributed by atoms with Crippen molar-refractivity contribution in [1.82, 2.24) is 9.80 Å². The number of amides is 2. The first-order valence-electron chi connectivity index (χ1n) is 10.3. The number of alkyl halides is 1. The summed E-state index contributed by atoms with van der Waals surface area (Å²) in [6.07, 6.45) is 2.46. The van der Waals surface area contributed by atoms with Crippen molar-refractivity contribution >= 4 is 34.8 Å². The number of nitrogens with zero attached hydrogens (tertiary/aromatic N) is 2. The van der Waals surface area contributed by atoms with Gasteiger partial charge < -0.3 is 14.5 Å². The van der Waals surface area contributed by atoms with Crippen LogP contribution in [0, 0.1) is 5.41 Å². The van der Waals surface area contributed by atoms with Gasteiger partial charge in [0.15, 0.2) is 0 Å². The van der Waals surface area contributed by atoms with Crippen molar-refractivity contribution in [2.75, 3.05) is 32.6 Å². The molecule has 0 bridgehead atoms. The minimum atomic E-state index is -0.747. The van der Waals surface area contributed by atoms with Gasteiger partial charge in [0, 0.05) is 23.8 Å². The smallest absolute Gasteiger partial charge is 0.243 e. The molecule has 0 radical (unpaired) electrons. The van der Waals surface area contributed by atoms with Gasteiger partial charge in [0.1, 0.15) is 12.3 Å². The van der Waals surface area contributed by atoms with Crippen molar-refractivity contribution in [1.29, 1.82) is 0 Å². The molecule has 1 unspecified atom stereocenters. The number of methoxy groups -OCH3 is 1. The summed E-state index contributed by atoms with van der Waals surface area (Å²) in [5.74, 6) is 0.724. The molecule has 0 saturated heterocycles. The van der Waals surface area contributed by atoms with Crippen LogP contribution >= 0.6 is 22.9 Å². The zero-order chi connectivity index (χ0) is 22.6. The van der Waals surface area contributed by atoms with Gasteiger partial charge in [0.25, 0.3) is 0 Å². The maximum Gasteiger partial charge on any atom is 0.243 e. The van der Waals surface area contributed by atoms with E-state index in [1.165, 1.54) is 4.88 Å². The fourth-order valence-corrected chi connectivity index (χ4v) is 4.86. The van der Waals surface area contributed by atoms with Crippen molar-refractivity contribution in [2.45, 2.75) is 26.3 Å². The monoisotopic (exact) mass is 460 g/mol. The Morgan fingerprint density at radius 1 is 1.32 bits per heavy atom. The minimum Gasteiger partial charge on any atom is -0.497 e. The summed E-state index contributed by atoms with van der Waals surface area (Å²) in [4.78, 5) is 31.2. The van der Waals surface area contributed by atoms with Gasteiger partial charge in [-0.05, 0) is 55.0 Å². The maximum atomic E-state index is 13.5. The van der Waals surface area contributed by atoms with E-state index in [2.05, 4.69) is 18.0 Å². The molecule has 1 aromatic heterocycles. The van der Waals surface area contributed by atoms with Gasteiger partial charge in [-0.3, -0.25) is 9.59 Å². The van der Waals surface area contributed by atoms with Crippen LogP contribution in [0.25, 0.3) is 0 Å². The van der Waals surface area contributed by atoms with Gasteiger partial charge in [0.05, 0.1) is 18.6 Å². The van der Waals surface area contributed by atoms with Crippen LogP contribution in [0.3, 0.4) is 0 Å². The zero-order valence-electron chi connectivity index (χ0n) is 18.3. The number of rotatable bonds is 8. The highest BCUT2D eigenvalue weighted by Gasteiger charge is 2.36. The molecule has 1 aliphatic rings. The average Bonchev–Trinajstić information content (AvgIpc) is 3.26. The Balaban J connectivity index is 1.90. The lowest BCUT2D eigenvalue weighted by atomic mass is 9.92. The van der Waals surface area contributed by atoms with Crippen molar-refractivity contribution in [2.24, 2.45) is 5.41 Å². The van der Waals surface area contributed by atoms with Crippen LogP contribution in [0.1, 0.15) is 35.9 Å². The highest BCUT2D eigenvalue weighted by atomic mass is 35.5. The molecule has 0 N–H and O–H groups in total. The van der Waals surface area contributed by atoms with Gasteiger partial charge in [0.2, 0.25) is 11.8 Å². The lowest BCUT2D eigenvalue weighted by molar-refractivity contribution is -0.145. The molecule has 0 fully saturated rings. The van der Waals surface area contributed by atoms with Crippen LogP contribution in [-0.2, 0) is 16.0 Å². The van der Waals surface area contributed by atoms with E-state index >= 15 is 0 Å². The van der Waals surface area contributed by atoms with Crippen molar-refractivity contribution in [3.8, 4) is 5.75 Å². The first-order chi connectivity index (χ1) is 14.8. The third-order valence-electron chi connectivity index (χ3n) is 5.59. The maximum absolute atomic E-state index is 13.5. The molecule has 1 aliphatic heterocycles. The van der Waals surface area contributed by atoms with Gasteiger partial charge >= 0.3 is 0 Å². The van der Waals surface area contributed by atoms with Crippen LogP contribution in [0.4, 0.5) is 0 Å². The molecule has 0 saturated carbocycles. The van der Waals surface area contributed by atoms with Crippen LogP contribution in [0.2, 0.25) is 0 Å². The van der Waals surface area contributed by atoms with E-state index in [1.54, 1.807) is 43.3 Å². The average molecular weight is 461 g/mol. The zero-order valence-corrected chi connectivity index (χ0v) is 19.8. The van der Waals surface area contributed by atoms with E-state index in [9.17, 15) is 9.59 Å². The first-order valence-corrected chi connectivity index (χ1v) is 11.7. The van der Waals surface area contributed by atoms with E-state index in [1.807, 2.05) is 29.2 Å². The molecular formula is C24H29ClN2O3S. The van der Waals surface area contributed by atoms with E-state index in [4.69, 9.17) is 16.3 Å². The molecule has 2 aromatic rings.